The fourth-order valence-electron chi connectivity index (χ4n) is 3.07. The van der Waals surface area contributed by atoms with E-state index in [1.165, 1.54) is 11.1 Å². The first-order valence-electron chi connectivity index (χ1n) is 7.03. The highest BCUT2D eigenvalue weighted by Crippen LogP contribution is 2.39. The van der Waals surface area contributed by atoms with Crippen molar-refractivity contribution in [2.75, 3.05) is 5.32 Å². The molecule has 0 saturated heterocycles. The third kappa shape index (κ3) is 1.92. The van der Waals surface area contributed by atoms with Gasteiger partial charge in [-0.1, -0.05) is 31.2 Å². The van der Waals surface area contributed by atoms with Gasteiger partial charge in [-0.3, -0.25) is 9.48 Å². The van der Waals surface area contributed by atoms with Gasteiger partial charge in [-0.15, -0.1) is 0 Å². The van der Waals surface area contributed by atoms with Crippen molar-refractivity contribution < 1.29 is 4.79 Å². The minimum atomic E-state index is 0.0477. The van der Waals surface area contributed by atoms with Gasteiger partial charge in [0.2, 0.25) is 5.91 Å². The van der Waals surface area contributed by atoms with Crippen molar-refractivity contribution >= 4 is 11.7 Å². The monoisotopic (exact) mass is 269 g/mol. The summed E-state index contributed by atoms with van der Waals surface area (Å²) in [6.45, 7) is 4.21. The number of carbonyl (C=O) groups excluding carboxylic acids is 1. The number of hydrogen-bond donors (Lipinski definition) is 1. The van der Waals surface area contributed by atoms with Gasteiger partial charge in [0.1, 0.15) is 0 Å². The lowest BCUT2D eigenvalue weighted by Crippen LogP contribution is -2.24. The summed E-state index contributed by atoms with van der Waals surface area (Å²) in [6, 6.07) is 8.39. The van der Waals surface area contributed by atoms with Crippen molar-refractivity contribution in [2.45, 2.75) is 32.6 Å². The van der Waals surface area contributed by atoms with E-state index in [2.05, 4.69) is 42.5 Å². The molecule has 0 aliphatic carbocycles. The van der Waals surface area contributed by atoms with Gasteiger partial charge in [0.25, 0.3) is 0 Å². The molecule has 1 unspecified atom stereocenters. The molecule has 0 fully saturated rings. The van der Waals surface area contributed by atoms with Crippen LogP contribution in [0.5, 0.6) is 0 Å². The van der Waals surface area contributed by atoms with Crippen molar-refractivity contribution in [3.05, 3.63) is 46.6 Å². The Bertz CT molecular complexity index is 672. The molecule has 104 valence electrons. The quantitative estimate of drug-likeness (QED) is 0.911. The predicted octanol–water partition coefficient (Wildman–Crippen LogP) is 2.77. The van der Waals surface area contributed by atoms with Crippen LogP contribution in [0, 0.1) is 6.92 Å². The summed E-state index contributed by atoms with van der Waals surface area (Å²) in [5.41, 5.74) is 4.84. The molecule has 3 rings (SSSR count). The molecule has 4 heteroatoms. The lowest BCUT2D eigenvalue weighted by Gasteiger charge is -2.24. The molecule has 0 saturated carbocycles. The summed E-state index contributed by atoms with van der Waals surface area (Å²) in [4.78, 5) is 12.0. The highest BCUT2D eigenvalue weighted by Gasteiger charge is 2.32. The number of anilines is 1. The van der Waals surface area contributed by atoms with Crippen LogP contribution >= 0.6 is 0 Å². The molecule has 2 aromatic rings. The molecule has 1 amide bonds. The van der Waals surface area contributed by atoms with Crippen molar-refractivity contribution in [3.8, 4) is 0 Å². The van der Waals surface area contributed by atoms with E-state index in [9.17, 15) is 4.79 Å². The van der Waals surface area contributed by atoms with Crippen LogP contribution in [0.25, 0.3) is 0 Å². The summed E-state index contributed by atoms with van der Waals surface area (Å²) < 4.78 is 1.85. The fraction of sp³-hybridized carbons (Fsp3) is 0.375. The Morgan fingerprint density at radius 3 is 2.90 bits per heavy atom. The van der Waals surface area contributed by atoms with Crippen LogP contribution in [-0.4, -0.2) is 15.7 Å². The zero-order valence-corrected chi connectivity index (χ0v) is 12.1. The Kier molecular flexibility index (Phi) is 3.08. The van der Waals surface area contributed by atoms with Crippen LogP contribution in [0.1, 0.15) is 41.6 Å². The van der Waals surface area contributed by atoms with E-state index >= 15 is 0 Å². The highest BCUT2D eigenvalue weighted by atomic mass is 16.1. The van der Waals surface area contributed by atoms with E-state index in [0.717, 1.165) is 23.5 Å². The molecular formula is C16H19N3O. The number of aryl methyl sites for hydroxylation is 2. The smallest absolute Gasteiger partial charge is 0.226 e. The maximum Gasteiger partial charge on any atom is 0.226 e. The summed E-state index contributed by atoms with van der Waals surface area (Å²) in [7, 11) is 1.92. The average Bonchev–Trinajstić information content (AvgIpc) is 2.73. The Labute approximate surface area is 118 Å². The largest absolute Gasteiger partial charge is 0.309 e. The van der Waals surface area contributed by atoms with E-state index in [0.29, 0.717) is 6.42 Å². The molecule has 1 N–H and O–H groups in total. The van der Waals surface area contributed by atoms with E-state index in [4.69, 9.17) is 0 Å². The second-order valence-electron chi connectivity index (χ2n) is 5.33. The normalized spacial score (nSPS) is 17.8. The van der Waals surface area contributed by atoms with Gasteiger partial charge >= 0.3 is 0 Å². The molecule has 4 nitrogen and oxygen atoms in total. The van der Waals surface area contributed by atoms with Crippen molar-refractivity contribution in [1.82, 2.24) is 9.78 Å². The molecule has 0 bridgehead atoms. The molecule has 0 radical (unpaired) electrons. The molecule has 1 atom stereocenters. The first-order chi connectivity index (χ1) is 9.61. The third-order valence-corrected chi connectivity index (χ3v) is 4.19. The molecule has 1 aliphatic rings. The molecule has 1 aromatic carbocycles. The lowest BCUT2D eigenvalue weighted by molar-refractivity contribution is -0.116. The Balaban J connectivity index is 2.18. The Hall–Kier alpha value is -2.10. The van der Waals surface area contributed by atoms with Gasteiger partial charge in [-0.25, -0.2) is 0 Å². The minimum Gasteiger partial charge on any atom is -0.309 e. The first-order valence-corrected chi connectivity index (χ1v) is 7.03. The van der Waals surface area contributed by atoms with E-state index < -0.39 is 0 Å². The topological polar surface area (TPSA) is 46.9 Å². The molecule has 1 aromatic heterocycles. The number of rotatable bonds is 2. The number of carbonyl (C=O) groups is 1. The highest BCUT2D eigenvalue weighted by molar-refractivity contribution is 5.94. The first kappa shape index (κ1) is 12.9. The SMILES string of the molecule is CCc1ccccc1C1CC(=O)Nc2nn(C)c(C)c21. The predicted molar refractivity (Wildman–Crippen MR) is 78.9 cm³/mol. The number of nitrogens with zero attached hydrogens (tertiary/aromatic N) is 2. The molecule has 0 spiro atoms. The third-order valence-electron chi connectivity index (χ3n) is 4.19. The van der Waals surface area contributed by atoms with E-state index in [1.54, 1.807) is 0 Å². The zero-order chi connectivity index (χ0) is 14.3. The minimum absolute atomic E-state index is 0.0477. The van der Waals surface area contributed by atoms with Crippen LogP contribution in [0.15, 0.2) is 24.3 Å². The average molecular weight is 269 g/mol. The van der Waals surface area contributed by atoms with Crippen molar-refractivity contribution in [1.29, 1.82) is 0 Å². The molecule has 20 heavy (non-hydrogen) atoms. The molecule has 2 heterocycles. The van der Waals surface area contributed by atoms with E-state index in [1.807, 2.05) is 17.8 Å². The standard InChI is InChI=1S/C16H19N3O/c1-4-11-7-5-6-8-12(11)13-9-14(20)17-16-15(13)10(2)19(3)18-16/h5-8,13H,4,9H2,1-3H3,(H,17,18,20). The molecular weight excluding hydrogens is 250 g/mol. The summed E-state index contributed by atoms with van der Waals surface area (Å²) in [6.07, 6.45) is 1.47. The zero-order valence-electron chi connectivity index (χ0n) is 12.1. The maximum atomic E-state index is 12.0. The van der Waals surface area contributed by atoms with Gasteiger partial charge in [0, 0.05) is 30.6 Å². The number of nitrogens with one attached hydrogen (secondary N) is 1. The van der Waals surface area contributed by atoms with Gasteiger partial charge in [-0.2, -0.15) is 5.10 Å². The van der Waals surface area contributed by atoms with Gasteiger partial charge in [0.05, 0.1) is 0 Å². The van der Waals surface area contributed by atoms with Crippen LogP contribution in [0.4, 0.5) is 5.82 Å². The maximum absolute atomic E-state index is 12.0. The van der Waals surface area contributed by atoms with Crippen molar-refractivity contribution in [2.24, 2.45) is 7.05 Å². The number of aromatic nitrogens is 2. The Morgan fingerprint density at radius 1 is 1.40 bits per heavy atom. The van der Waals surface area contributed by atoms with Crippen LogP contribution < -0.4 is 5.32 Å². The fourth-order valence-corrected chi connectivity index (χ4v) is 3.07. The second-order valence-corrected chi connectivity index (χ2v) is 5.33. The second kappa shape index (κ2) is 4.78. The van der Waals surface area contributed by atoms with Crippen molar-refractivity contribution in [3.63, 3.8) is 0 Å². The van der Waals surface area contributed by atoms with Gasteiger partial charge in [0.15, 0.2) is 5.82 Å². The Morgan fingerprint density at radius 2 is 2.15 bits per heavy atom. The van der Waals surface area contributed by atoms with E-state index in [-0.39, 0.29) is 11.8 Å². The summed E-state index contributed by atoms with van der Waals surface area (Å²) in [5.74, 6) is 0.882. The van der Waals surface area contributed by atoms with Gasteiger partial charge < -0.3 is 5.32 Å². The van der Waals surface area contributed by atoms with Crippen LogP contribution in [-0.2, 0) is 18.3 Å². The number of hydrogen-bond acceptors (Lipinski definition) is 2. The van der Waals surface area contributed by atoms with Crippen LogP contribution in [0.3, 0.4) is 0 Å². The summed E-state index contributed by atoms with van der Waals surface area (Å²) in [5, 5.41) is 7.30. The number of amides is 1. The summed E-state index contributed by atoms with van der Waals surface area (Å²) >= 11 is 0. The van der Waals surface area contributed by atoms with Gasteiger partial charge in [-0.05, 0) is 24.5 Å². The number of benzene rings is 1. The lowest BCUT2D eigenvalue weighted by atomic mass is 9.83. The number of fused-ring (bicyclic) bond motifs is 1. The molecule has 1 aliphatic heterocycles. The van der Waals surface area contributed by atoms with Crippen LogP contribution in [0.2, 0.25) is 0 Å².